The highest BCUT2D eigenvalue weighted by Gasteiger charge is 2.20. The molecule has 1 aromatic heterocycles. The van der Waals surface area contributed by atoms with Crippen LogP contribution >= 0.6 is 0 Å². The molecule has 2 heterocycles. The molecule has 4 rings (SSSR count). The fourth-order valence-electron chi connectivity index (χ4n) is 2.86. The number of fused-ring (bicyclic) bond motifs is 4. The van der Waals surface area contributed by atoms with Gasteiger partial charge in [-0.1, -0.05) is 30.8 Å². The smallest absolute Gasteiger partial charge is 0.0895 e. The van der Waals surface area contributed by atoms with E-state index >= 15 is 0 Å². The number of aromatic nitrogens is 2. The highest BCUT2D eigenvalue weighted by Crippen LogP contribution is 2.31. The molecular formula is C17H15N3. The summed E-state index contributed by atoms with van der Waals surface area (Å²) in [7, 11) is 2.07. The third kappa shape index (κ3) is 1.50. The van der Waals surface area contributed by atoms with E-state index in [4.69, 9.17) is 0 Å². The molecule has 0 saturated heterocycles. The van der Waals surface area contributed by atoms with Crippen molar-refractivity contribution in [2.24, 2.45) is 0 Å². The molecule has 0 saturated carbocycles. The number of hydrogen-bond donors (Lipinski definition) is 0. The minimum atomic E-state index is 0.850. The van der Waals surface area contributed by atoms with Gasteiger partial charge < -0.3 is 4.90 Å². The van der Waals surface area contributed by atoms with Crippen LogP contribution in [0.1, 0.15) is 11.3 Å². The molecule has 0 radical (unpaired) electrons. The van der Waals surface area contributed by atoms with Crippen LogP contribution in [0.15, 0.2) is 55.2 Å². The van der Waals surface area contributed by atoms with Gasteiger partial charge in [0.15, 0.2) is 0 Å². The van der Waals surface area contributed by atoms with Crippen molar-refractivity contribution in [1.82, 2.24) is 14.7 Å². The van der Waals surface area contributed by atoms with E-state index in [1.54, 1.807) is 0 Å². The number of hydrogen-bond acceptors (Lipinski definition) is 2. The van der Waals surface area contributed by atoms with Crippen LogP contribution in [0, 0.1) is 0 Å². The zero-order valence-electron chi connectivity index (χ0n) is 11.4. The first-order valence-corrected chi connectivity index (χ1v) is 6.70. The van der Waals surface area contributed by atoms with Gasteiger partial charge in [-0.3, -0.25) is 0 Å². The van der Waals surface area contributed by atoms with Crippen LogP contribution in [0.5, 0.6) is 0 Å². The first-order valence-electron chi connectivity index (χ1n) is 6.70. The maximum atomic E-state index is 4.48. The molecule has 98 valence electrons. The SMILES string of the molecule is C=C1c2ccnn2-c2cc3ccccc3cc2CN1C. The Morgan fingerprint density at radius 2 is 1.85 bits per heavy atom. The Morgan fingerprint density at radius 3 is 2.65 bits per heavy atom. The molecule has 3 nitrogen and oxygen atoms in total. The summed E-state index contributed by atoms with van der Waals surface area (Å²) in [5, 5.41) is 6.98. The highest BCUT2D eigenvalue weighted by molar-refractivity contribution is 5.86. The van der Waals surface area contributed by atoms with E-state index in [0.717, 1.165) is 23.6 Å². The first-order chi connectivity index (χ1) is 9.74. The molecule has 2 aromatic carbocycles. The molecule has 0 atom stereocenters. The van der Waals surface area contributed by atoms with Crippen LogP contribution < -0.4 is 0 Å². The Morgan fingerprint density at radius 1 is 1.10 bits per heavy atom. The van der Waals surface area contributed by atoms with E-state index in [-0.39, 0.29) is 0 Å². The molecule has 0 bridgehead atoms. The van der Waals surface area contributed by atoms with Crippen LogP contribution in [0.3, 0.4) is 0 Å². The van der Waals surface area contributed by atoms with Crippen LogP contribution in [0.4, 0.5) is 0 Å². The molecule has 0 spiro atoms. The number of rotatable bonds is 0. The summed E-state index contributed by atoms with van der Waals surface area (Å²) in [6, 6.07) is 14.9. The third-order valence-electron chi connectivity index (χ3n) is 3.98. The molecule has 1 aliphatic heterocycles. The molecular weight excluding hydrogens is 246 g/mol. The zero-order chi connectivity index (χ0) is 13.7. The first kappa shape index (κ1) is 11.3. The van der Waals surface area contributed by atoms with Crippen LogP contribution in [-0.4, -0.2) is 21.7 Å². The fourth-order valence-corrected chi connectivity index (χ4v) is 2.86. The highest BCUT2D eigenvalue weighted by atomic mass is 15.3. The Bertz CT molecular complexity index is 829. The maximum absolute atomic E-state index is 4.48. The van der Waals surface area contributed by atoms with Gasteiger partial charge in [-0.05, 0) is 34.5 Å². The van der Waals surface area contributed by atoms with Gasteiger partial charge in [0.25, 0.3) is 0 Å². The monoisotopic (exact) mass is 261 g/mol. The standard InChI is InChI=1S/C17H15N3/c1-12-16-7-8-18-20(16)17-10-14-6-4-3-5-13(14)9-15(17)11-19(12)2/h3-10H,1,11H2,2H3. The van der Waals surface area contributed by atoms with Crippen molar-refractivity contribution in [3.05, 3.63) is 66.5 Å². The quantitative estimate of drug-likeness (QED) is 0.618. The minimum absolute atomic E-state index is 0.850. The summed E-state index contributed by atoms with van der Waals surface area (Å²) in [5.74, 6) is 0. The van der Waals surface area contributed by atoms with Crippen molar-refractivity contribution in [3.8, 4) is 5.69 Å². The molecule has 0 unspecified atom stereocenters. The summed E-state index contributed by atoms with van der Waals surface area (Å²) < 4.78 is 1.99. The third-order valence-corrected chi connectivity index (χ3v) is 3.98. The molecule has 3 aromatic rings. The predicted molar refractivity (Wildman–Crippen MR) is 81.6 cm³/mol. The fraction of sp³-hybridized carbons (Fsp3) is 0.118. The summed E-state index contributed by atoms with van der Waals surface area (Å²) in [6.45, 7) is 5.04. The predicted octanol–water partition coefficient (Wildman–Crippen LogP) is 3.44. The Labute approximate surface area is 117 Å². The molecule has 0 aliphatic carbocycles. The maximum Gasteiger partial charge on any atom is 0.0895 e. The molecule has 0 amide bonds. The van der Waals surface area contributed by atoms with Crippen molar-refractivity contribution in [1.29, 1.82) is 0 Å². The molecule has 1 aliphatic rings. The second-order valence-electron chi connectivity index (χ2n) is 5.26. The largest absolute Gasteiger partial charge is 0.369 e. The van der Waals surface area contributed by atoms with Crippen LogP contribution in [0.25, 0.3) is 22.2 Å². The van der Waals surface area contributed by atoms with Gasteiger partial charge in [0.2, 0.25) is 0 Å². The van der Waals surface area contributed by atoms with Crippen molar-refractivity contribution < 1.29 is 0 Å². The summed E-state index contributed by atoms with van der Waals surface area (Å²) in [5.41, 5.74) is 4.48. The van der Waals surface area contributed by atoms with Crippen LogP contribution in [-0.2, 0) is 6.54 Å². The van der Waals surface area contributed by atoms with Gasteiger partial charge >= 0.3 is 0 Å². The van der Waals surface area contributed by atoms with E-state index in [9.17, 15) is 0 Å². The summed E-state index contributed by atoms with van der Waals surface area (Å²) in [6.07, 6.45) is 1.83. The normalized spacial score (nSPS) is 14.1. The lowest BCUT2D eigenvalue weighted by atomic mass is 10.0. The van der Waals surface area contributed by atoms with Crippen molar-refractivity contribution in [3.63, 3.8) is 0 Å². The second-order valence-corrected chi connectivity index (χ2v) is 5.26. The summed E-state index contributed by atoms with van der Waals surface area (Å²) >= 11 is 0. The van der Waals surface area contributed by atoms with Gasteiger partial charge in [-0.25, -0.2) is 4.68 Å². The average molecular weight is 261 g/mol. The Balaban J connectivity index is 2.07. The van der Waals surface area contributed by atoms with E-state index in [2.05, 4.69) is 60.0 Å². The number of benzene rings is 2. The average Bonchev–Trinajstić information content (AvgIpc) is 2.91. The van der Waals surface area contributed by atoms with Gasteiger partial charge in [0, 0.05) is 13.6 Å². The Kier molecular flexibility index (Phi) is 2.24. The molecule has 3 heteroatoms. The lowest BCUT2D eigenvalue weighted by molar-refractivity contribution is 0.479. The van der Waals surface area contributed by atoms with Gasteiger partial charge in [-0.15, -0.1) is 0 Å². The van der Waals surface area contributed by atoms with E-state index in [1.165, 1.54) is 16.3 Å². The zero-order valence-corrected chi connectivity index (χ0v) is 11.4. The van der Waals surface area contributed by atoms with Crippen molar-refractivity contribution in [2.45, 2.75) is 6.54 Å². The topological polar surface area (TPSA) is 21.1 Å². The van der Waals surface area contributed by atoms with Crippen molar-refractivity contribution >= 4 is 16.5 Å². The van der Waals surface area contributed by atoms with E-state index < -0.39 is 0 Å². The molecule has 20 heavy (non-hydrogen) atoms. The van der Waals surface area contributed by atoms with Crippen LogP contribution in [0.2, 0.25) is 0 Å². The molecule has 0 N–H and O–H groups in total. The van der Waals surface area contributed by atoms with Gasteiger partial charge in [0.1, 0.15) is 0 Å². The minimum Gasteiger partial charge on any atom is -0.369 e. The number of nitrogens with zero attached hydrogens (tertiary/aromatic N) is 3. The molecule has 0 fully saturated rings. The van der Waals surface area contributed by atoms with E-state index in [1.807, 2.05) is 16.9 Å². The van der Waals surface area contributed by atoms with E-state index in [0.29, 0.717) is 0 Å². The van der Waals surface area contributed by atoms with Gasteiger partial charge in [-0.2, -0.15) is 5.10 Å². The van der Waals surface area contributed by atoms with Gasteiger partial charge in [0.05, 0.1) is 23.3 Å². The lowest BCUT2D eigenvalue weighted by Crippen LogP contribution is -2.13. The lowest BCUT2D eigenvalue weighted by Gasteiger charge is -2.18. The van der Waals surface area contributed by atoms with Crippen molar-refractivity contribution in [2.75, 3.05) is 7.05 Å². The Hall–Kier alpha value is -2.55. The second kappa shape index (κ2) is 3.97. The summed E-state index contributed by atoms with van der Waals surface area (Å²) in [4.78, 5) is 2.17.